The number of nitrogens with one attached hydrogen (secondary N) is 1. The Kier molecular flexibility index (Phi) is 24.9. The van der Waals surface area contributed by atoms with Gasteiger partial charge in [-0.25, -0.2) is 0 Å². The molecule has 2 aromatic carbocycles. The molecule has 0 fully saturated rings. The number of rotatable bonds is 14. The molecule has 0 saturated carbocycles. The fourth-order valence-corrected chi connectivity index (χ4v) is 4.09. The molecule has 11 nitrogen and oxygen atoms in total. The van der Waals surface area contributed by atoms with Crippen LogP contribution in [0.1, 0.15) is 16.7 Å². The number of hydrogen-bond donors (Lipinski definition) is 4. The van der Waals surface area contributed by atoms with Gasteiger partial charge in [0.2, 0.25) is 0 Å². The maximum atomic E-state index is 11.0. The van der Waals surface area contributed by atoms with Crippen molar-refractivity contribution >= 4 is 15.2 Å². The van der Waals surface area contributed by atoms with Crippen molar-refractivity contribution in [1.82, 2.24) is 5.32 Å². The molecule has 0 radical (unpaired) electrons. The molecule has 0 bridgehead atoms. The Morgan fingerprint density at radius 2 is 1.11 bits per heavy atom. The minimum Gasteiger partial charge on any atom is -0.811 e. The van der Waals surface area contributed by atoms with Gasteiger partial charge in [0, 0.05) is 6.54 Å². The van der Waals surface area contributed by atoms with Gasteiger partial charge >= 0.3 is 118 Å². The van der Waals surface area contributed by atoms with Crippen LogP contribution in [-0.4, -0.2) is 53.0 Å². The zero-order valence-corrected chi connectivity index (χ0v) is 32.1. The molecule has 0 spiro atoms. The third-order valence-corrected chi connectivity index (χ3v) is 6.65. The number of aliphatic hydroxyl groups is 3. The Morgan fingerprint density at radius 1 is 0.684 bits per heavy atom. The number of hydrogen-bond acceptors (Lipinski definition) is 11. The Balaban J connectivity index is -0.00000306. The quantitative estimate of drug-likeness (QED) is 0.117. The van der Waals surface area contributed by atoms with Crippen molar-refractivity contribution < 1.29 is 167 Å². The second-order valence-electron chi connectivity index (χ2n) is 8.01. The van der Waals surface area contributed by atoms with Crippen molar-refractivity contribution in [1.29, 1.82) is 0 Å². The second kappa shape index (κ2) is 21.1. The summed E-state index contributed by atoms with van der Waals surface area (Å²) in [5.74, 6) is 0.678. The molecule has 2 aromatic rings. The van der Waals surface area contributed by atoms with Crippen molar-refractivity contribution in [2.24, 2.45) is 0 Å². The van der Waals surface area contributed by atoms with E-state index in [4.69, 9.17) is 4.74 Å². The first-order chi connectivity index (χ1) is 15.9. The number of aliphatic hydroxyl groups excluding tert-OH is 3. The SMILES string of the molecule is O=P([O-])([O-])CCc1cc(CCP(=O)([O-])[O-])cc(Oc2ccc(CNC(CO)(CO)CO)cc2)c1.[Na+].[Na+].[Na+].[Na+]. The Bertz CT molecular complexity index is 981. The molecule has 17 heteroatoms. The predicted octanol–water partition coefficient (Wildman–Crippen LogP) is -13.8. The van der Waals surface area contributed by atoms with Crippen molar-refractivity contribution in [2.75, 3.05) is 32.1 Å². The fraction of sp³-hybridized carbons (Fsp3) is 0.429. The minimum atomic E-state index is -4.74. The van der Waals surface area contributed by atoms with E-state index in [2.05, 4.69) is 5.32 Å². The summed E-state index contributed by atoms with van der Waals surface area (Å²) < 4.78 is 27.8. The summed E-state index contributed by atoms with van der Waals surface area (Å²) in [6.07, 6.45) is -1.41. The van der Waals surface area contributed by atoms with Gasteiger partial charge in [-0.15, -0.1) is 0 Å². The van der Waals surface area contributed by atoms with Crippen molar-refractivity contribution in [3.05, 3.63) is 59.2 Å². The Hall–Kier alpha value is 2.38. The molecule has 0 amide bonds. The summed E-state index contributed by atoms with van der Waals surface area (Å²) in [6.45, 7) is -1.12. The number of ether oxygens (including phenoxy) is 1. The van der Waals surface area contributed by atoms with Gasteiger partial charge in [-0.2, -0.15) is 0 Å². The van der Waals surface area contributed by atoms with Gasteiger partial charge in [0.25, 0.3) is 0 Å². The van der Waals surface area contributed by atoms with Crippen LogP contribution in [0.4, 0.5) is 0 Å². The first-order valence-electron chi connectivity index (χ1n) is 10.4. The Labute approximate surface area is 311 Å². The van der Waals surface area contributed by atoms with Gasteiger partial charge in [0.05, 0.1) is 25.4 Å². The average molecular weight is 607 g/mol. The summed E-state index contributed by atoms with van der Waals surface area (Å²) >= 11 is 0. The third-order valence-electron chi connectivity index (χ3n) is 5.11. The van der Waals surface area contributed by atoms with Crippen LogP contribution in [-0.2, 0) is 28.5 Å². The first-order valence-corrected chi connectivity index (χ1v) is 13.8. The summed E-state index contributed by atoms with van der Waals surface area (Å²) in [5, 5.41) is 31.0. The summed E-state index contributed by atoms with van der Waals surface area (Å²) in [6, 6.07) is 11.3. The first kappa shape index (κ1) is 44.8. The number of aryl methyl sites for hydroxylation is 2. The zero-order chi connectivity index (χ0) is 25.4. The smallest absolute Gasteiger partial charge is 0.811 e. The van der Waals surface area contributed by atoms with E-state index >= 15 is 0 Å². The zero-order valence-electron chi connectivity index (χ0n) is 22.3. The van der Waals surface area contributed by atoms with Crippen LogP contribution < -0.4 is 148 Å². The summed E-state index contributed by atoms with van der Waals surface area (Å²) in [4.78, 5) is 44.0. The van der Waals surface area contributed by atoms with Crippen LogP contribution in [0.15, 0.2) is 42.5 Å². The molecule has 190 valence electrons. The maximum Gasteiger partial charge on any atom is 1.00 e. The van der Waals surface area contributed by atoms with Crippen LogP contribution in [0.2, 0.25) is 0 Å². The molecule has 0 saturated heterocycles. The normalized spacial score (nSPS) is 11.3. The van der Waals surface area contributed by atoms with Crippen LogP contribution >= 0.6 is 15.2 Å². The van der Waals surface area contributed by atoms with Crippen molar-refractivity contribution in [2.45, 2.75) is 24.9 Å². The molecule has 38 heavy (non-hydrogen) atoms. The molecule has 0 aliphatic carbocycles. The summed E-state index contributed by atoms with van der Waals surface area (Å²) in [5.41, 5.74) is 0.438. The van der Waals surface area contributed by atoms with Gasteiger partial charge < -0.3 is 54.1 Å². The van der Waals surface area contributed by atoms with Gasteiger partial charge in [-0.1, -0.05) is 33.4 Å². The van der Waals surface area contributed by atoms with Crippen LogP contribution in [0.3, 0.4) is 0 Å². The van der Waals surface area contributed by atoms with Crippen molar-refractivity contribution in [3.8, 4) is 11.5 Å². The molecule has 2 rings (SSSR count). The van der Waals surface area contributed by atoms with Crippen LogP contribution in [0.25, 0.3) is 0 Å². The number of benzene rings is 2. The molecule has 0 heterocycles. The minimum absolute atomic E-state index is 0. The van der Waals surface area contributed by atoms with Gasteiger partial charge in [-0.05, 0) is 66.1 Å². The molecule has 0 aliphatic rings. The molecular formula is C21H27NNa4O10P2. The van der Waals surface area contributed by atoms with Crippen LogP contribution in [0, 0.1) is 0 Å². The molecule has 0 aromatic heterocycles. The van der Waals surface area contributed by atoms with Gasteiger partial charge in [0.15, 0.2) is 0 Å². The maximum absolute atomic E-state index is 11.0. The average Bonchev–Trinajstić information content (AvgIpc) is 2.78. The largest absolute Gasteiger partial charge is 1.00 e. The van der Waals surface area contributed by atoms with E-state index in [1.807, 2.05) is 0 Å². The molecule has 0 atom stereocenters. The fourth-order valence-electron chi connectivity index (χ4n) is 3.03. The van der Waals surface area contributed by atoms with Gasteiger partial charge in [0.1, 0.15) is 11.5 Å². The Morgan fingerprint density at radius 3 is 1.47 bits per heavy atom. The van der Waals surface area contributed by atoms with E-state index in [-0.39, 0.29) is 143 Å². The van der Waals surface area contributed by atoms with E-state index in [0.29, 0.717) is 16.9 Å². The van der Waals surface area contributed by atoms with E-state index in [0.717, 1.165) is 5.56 Å². The molecule has 4 N–H and O–H groups in total. The molecular weight excluding hydrogens is 580 g/mol. The van der Waals surface area contributed by atoms with E-state index < -0.39 is 52.9 Å². The van der Waals surface area contributed by atoms with Crippen LogP contribution in [0.5, 0.6) is 11.5 Å². The standard InChI is InChI=1S/C21H31NO10P2.4Na/c23-13-21(14-24,15-25)22-12-16-1-3-19(4-2-16)32-20-10-17(5-7-33(26,27)28)9-18(11-20)6-8-34(29,30)31;;;;/h1-4,9-11,22-25H,5-8,12-15H2,(H2,26,27,28)(H2,29,30,31);;;;/q;4*+1/p-4. The van der Waals surface area contributed by atoms with E-state index in [9.17, 15) is 44.0 Å². The molecule has 0 aliphatic heterocycles. The second-order valence-corrected chi connectivity index (χ2v) is 11.3. The van der Waals surface area contributed by atoms with E-state index in [1.165, 1.54) is 18.2 Å². The third kappa shape index (κ3) is 17.5. The summed E-state index contributed by atoms with van der Waals surface area (Å²) in [7, 11) is -9.48. The van der Waals surface area contributed by atoms with Crippen molar-refractivity contribution in [3.63, 3.8) is 0 Å². The van der Waals surface area contributed by atoms with Gasteiger partial charge in [-0.3, -0.25) is 0 Å². The van der Waals surface area contributed by atoms with E-state index in [1.54, 1.807) is 24.3 Å². The topological polar surface area (TPSA) is 208 Å². The molecule has 0 unspecified atom stereocenters. The predicted molar refractivity (Wildman–Crippen MR) is 116 cm³/mol. The monoisotopic (exact) mass is 607 g/mol.